The number of hydrogen-bond acceptors (Lipinski definition) is 6. The van der Waals surface area contributed by atoms with Crippen molar-refractivity contribution in [3.05, 3.63) is 66.5 Å². The van der Waals surface area contributed by atoms with Gasteiger partial charge in [-0.2, -0.15) is 10.2 Å². The van der Waals surface area contributed by atoms with Crippen LogP contribution >= 0.6 is 0 Å². The van der Waals surface area contributed by atoms with Gasteiger partial charge in [0.1, 0.15) is 11.5 Å². The molecule has 2 aromatic carbocycles. The van der Waals surface area contributed by atoms with Gasteiger partial charge in [0.15, 0.2) is 0 Å². The van der Waals surface area contributed by atoms with Gasteiger partial charge < -0.3 is 4.90 Å². The predicted molar refractivity (Wildman–Crippen MR) is 147 cm³/mol. The Balaban J connectivity index is 1.35. The largest absolute Gasteiger partial charge is 0.357 e. The van der Waals surface area contributed by atoms with E-state index in [1.54, 1.807) is 0 Å². The first-order valence-corrected chi connectivity index (χ1v) is 14.3. The van der Waals surface area contributed by atoms with Crippen LogP contribution in [-0.2, 0) is 17.1 Å². The number of anilines is 1. The quantitative estimate of drug-likeness (QED) is 0.382. The van der Waals surface area contributed by atoms with E-state index in [2.05, 4.69) is 52.0 Å². The van der Waals surface area contributed by atoms with Gasteiger partial charge >= 0.3 is 0 Å². The Morgan fingerprint density at radius 1 is 0.973 bits per heavy atom. The molecule has 10 heteroatoms. The molecule has 0 spiro atoms. The van der Waals surface area contributed by atoms with Gasteiger partial charge in [-0.25, -0.2) is 22.8 Å². The Labute approximate surface area is 215 Å². The maximum absolute atomic E-state index is 11.5. The Bertz CT molecular complexity index is 1710. The van der Waals surface area contributed by atoms with Gasteiger partial charge in [0.05, 0.1) is 29.2 Å². The predicted octanol–water partition coefficient (Wildman–Crippen LogP) is 3.80. The molecule has 6 rings (SSSR count). The molecule has 190 valence electrons. The van der Waals surface area contributed by atoms with Gasteiger partial charge in [0.2, 0.25) is 10.0 Å². The molecule has 3 aromatic heterocycles. The van der Waals surface area contributed by atoms with E-state index in [9.17, 15) is 8.42 Å². The second-order valence-electron chi connectivity index (χ2n) is 9.80. The van der Waals surface area contributed by atoms with Crippen molar-refractivity contribution in [2.45, 2.75) is 25.8 Å². The Morgan fingerprint density at radius 3 is 2.49 bits per heavy atom. The lowest BCUT2D eigenvalue weighted by atomic mass is 10.0. The lowest BCUT2D eigenvalue weighted by Crippen LogP contribution is -2.44. The number of aromatic nitrogens is 5. The minimum Gasteiger partial charge on any atom is -0.357 e. The number of nitrogens with zero attached hydrogens (tertiary/aromatic N) is 6. The number of rotatable bonds is 5. The molecule has 37 heavy (non-hydrogen) atoms. The molecule has 0 unspecified atom stereocenters. The Morgan fingerprint density at radius 2 is 1.76 bits per heavy atom. The topological polar surface area (TPSA) is 97.9 Å². The van der Waals surface area contributed by atoms with Crippen molar-refractivity contribution in [1.29, 1.82) is 0 Å². The molecular weight excluding hydrogens is 486 g/mol. The Hall–Kier alpha value is -3.76. The maximum Gasteiger partial charge on any atom is 0.208 e. The van der Waals surface area contributed by atoms with Crippen LogP contribution in [0.5, 0.6) is 0 Å². The van der Waals surface area contributed by atoms with Crippen LogP contribution in [0.15, 0.2) is 60.9 Å². The van der Waals surface area contributed by atoms with Crippen LogP contribution in [0.1, 0.15) is 18.4 Å². The SMILES string of the molecule is Cc1cccc2c(-c3cccc4nn(C)cc34)nn(-c3ccc(N4CCC(NS(C)(=O)=O)CC4)nc3)c12. The molecule has 1 aliphatic heterocycles. The number of fused-ring (bicyclic) bond motifs is 2. The van der Waals surface area contributed by atoms with Gasteiger partial charge in [-0.3, -0.25) is 4.68 Å². The minimum atomic E-state index is -3.19. The lowest BCUT2D eigenvalue weighted by molar-refractivity contribution is 0.460. The van der Waals surface area contributed by atoms with Crippen LogP contribution in [0.25, 0.3) is 38.8 Å². The third-order valence-corrected chi connectivity index (χ3v) is 7.76. The van der Waals surface area contributed by atoms with E-state index in [0.717, 1.165) is 76.1 Å². The van der Waals surface area contributed by atoms with Crippen LogP contribution in [0.3, 0.4) is 0 Å². The van der Waals surface area contributed by atoms with Crippen molar-refractivity contribution in [1.82, 2.24) is 29.3 Å². The lowest BCUT2D eigenvalue weighted by Gasteiger charge is -2.32. The van der Waals surface area contributed by atoms with E-state index in [4.69, 9.17) is 10.1 Å². The average Bonchev–Trinajstić information content (AvgIpc) is 3.44. The second-order valence-corrected chi connectivity index (χ2v) is 11.6. The van der Waals surface area contributed by atoms with Crippen molar-refractivity contribution in [3.63, 3.8) is 0 Å². The number of aryl methyl sites for hydroxylation is 2. The fourth-order valence-electron chi connectivity index (χ4n) is 5.31. The summed E-state index contributed by atoms with van der Waals surface area (Å²) in [5.74, 6) is 0.884. The normalized spacial score (nSPS) is 15.2. The third-order valence-electron chi connectivity index (χ3n) is 7.00. The summed E-state index contributed by atoms with van der Waals surface area (Å²) in [5.41, 5.74) is 6.00. The molecule has 1 N–H and O–H groups in total. The van der Waals surface area contributed by atoms with Gasteiger partial charge in [-0.1, -0.05) is 30.3 Å². The number of para-hydroxylation sites is 1. The van der Waals surface area contributed by atoms with Gasteiger partial charge in [0.25, 0.3) is 0 Å². The number of sulfonamides is 1. The van der Waals surface area contributed by atoms with Crippen molar-refractivity contribution in [3.8, 4) is 16.9 Å². The molecule has 1 saturated heterocycles. The highest BCUT2D eigenvalue weighted by Crippen LogP contribution is 2.35. The number of nitrogens with one attached hydrogen (secondary N) is 1. The molecular formula is C27H29N7O2S. The van der Waals surface area contributed by atoms with E-state index >= 15 is 0 Å². The third kappa shape index (κ3) is 4.47. The molecule has 0 aliphatic carbocycles. The van der Waals surface area contributed by atoms with Gasteiger partial charge in [-0.05, 0) is 43.5 Å². The highest BCUT2D eigenvalue weighted by molar-refractivity contribution is 7.88. The highest BCUT2D eigenvalue weighted by atomic mass is 32.2. The standard InChI is InChI=1S/C27H29N7O2S/c1-18-6-4-8-22-26(21-7-5-9-24-23(21)17-32(2)29-24)30-34(27(18)22)20-10-11-25(28-16-20)33-14-12-19(13-15-33)31-37(3,35)36/h4-11,16-17,19,31H,12-15H2,1-3H3. The summed E-state index contributed by atoms with van der Waals surface area (Å²) in [5, 5.41) is 11.8. The molecule has 9 nitrogen and oxygen atoms in total. The molecule has 1 fully saturated rings. The molecule has 0 saturated carbocycles. The van der Waals surface area contributed by atoms with Crippen molar-refractivity contribution in [2.75, 3.05) is 24.2 Å². The van der Waals surface area contributed by atoms with Gasteiger partial charge in [0, 0.05) is 48.7 Å². The number of pyridine rings is 1. The fourth-order valence-corrected chi connectivity index (χ4v) is 6.15. The van der Waals surface area contributed by atoms with Gasteiger partial charge in [-0.15, -0.1) is 0 Å². The van der Waals surface area contributed by atoms with Crippen molar-refractivity contribution >= 4 is 37.6 Å². The van der Waals surface area contributed by atoms with Crippen LogP contribution in [-0.4, -0.2) is 58.3 Å². The van der Waals surface area contributed by atoms with E-state index in [-0.39, 0.29) is 6.04 Å². The van der Waals surface area contributed by atoms with E-state index in [1.165, 1.54) is 6.26 Å². The first kappa shape index (κ1) is 23.6. The molecule has 4 heterocycles. The number of hydrogen-bond donors (Lipinski definition) is 1. The molecule has 1 aliphatic rings. The molecule has 0 radical (unpaired) electrons. The van der Waals surface area contributed by atoms with Crippen LogP contribution in [0.2, 0.25) is 0 Å². The summed E-state index contributed by atoms with van der Waals surface area (Å²) in [7, 11) is -1.26. The zero-order valence-electron chi connectivity index (χ0n) is 21.1. The second kappa shape index (κ2) is 8.97. The summed E-state index contributed by atoms with van der Waals surface area (Å²) in [6.07, 6.45) is 6.62. The average molecular weight is 516 g/mol. The molecule has 0 bridgehead atoms. The summed E-state index contributed by atoms with van der Waals surface area (Å²) in [6, 6.07) is 16.5. The smallest absolute Gasteiger partial charge is 0.208 e. The summed E-state index contributed by atoms with van der Waals surface area (Å²) in [6.45, 7) is 3.61. The summed E-state index contributed by atoms with van der Waals surface area (Å²) < 4.78 is 29.6. The monoisotopic (exact) mass is 515 g/mol. The zero-order chi connectivity index (χ0) is 25.7. The van der Waals surface area contributed by atoms with Crippen LogP contribution in [0.4, 0.5) is 5.82 Å². The number of piperidine rings is 1. The van der Waals surface area contributed by atoms with E-state index in [0.29, 0.717) is 0 Å². The molecule has 0 atom stereocenters. The molecule has 0 amide bonds. The van der Waals surface area contributed by atoms with Crippen molar-refractivity contribution < 1.29 is 8.42 Å². The van der Waals surface area contributed by atoms with Crippen LogP contribution in [0, 0.1) is 6.92 Å². The molecule has 5 aromatic rings. The highest BCUT2D eigenvalue weighted by Gasteiger charge is 2.23. The zero-order valence-corrected chi connectivity index (χ0v) is 21.9. The van der Waals surface area contributed by atoms with E-state index < -0.39 is 10.0 Å². The first-order chi connectivity index (χ1) is 17.8. The minimum absolute atomic E-state index is 0.0216. The Kier molecular flexibility index (Phi) is 5.73. The van der Waals surface area contributed by atoms with Crippen LogP contribution < -0.4 is 9.62 Å². The number of benzene rings is 2. The summed E-state index contributed by atoms with van der Waals surface area (Å²) >= 11 is 0. The first-order valence-electron chi connectivity index (χ1n) is 12.4. The van der Waals surface area contributed by atoms with Crippen molar-refractivity contribution in [2.24, 2.45) is 7.05 Å². The summed E-state index contributed by atoms with van der Waals surface area (Å²) in [4.78, 5) is 6.96. The maximum atomic E-state index is 11.5. The fraction of sp³-hybridized carbons (Fsp3) is 0.296. The van der Waals surface area contributed by atoms with E-state index in [1.807, 2.05) is 47.0 Å².